The molecule has 3 atom stereocenters. The smallest absolute Gasteiger partial charge is 0.410 e. The Hall–Kier alpha value is -4.28. The minimum atomic E-state index is -2.23. The van der Waals surface area contributed by atoms with E-state index < -0.39 is 13.9 Å². The van der Waals surface area contributed by atoms with Gasteiger partial charge in [0, 0.05) is 25.7 Å². The fraction of sp³-hybridized carbons (Fsp3) is 0.463. The summed E-state index contributed by atoms with van der Waals surface area (Å²) in [6.45, 7) is 17.1. The zero-order chi connectivity index (χ0) is 37.3. The summed E-state index contributed by atoms with van der Waals surface area (Å²) >= 11 is 0. The molecule has 1 saturated heterocycles. The Labute approximate surface area is 303 Å². The summed E-state index contributed by atoms with van der Waals surface area (Å²) in [6, 6.07) is 24.8. The number of nitrogens with zero attached hydrogens (tertiary/aromatic N) is 4. The number of amides is 2. The van der Waals surface area contributed by atoms with Gasteiger partial charge in [0.1, 0.15) is 11.4 Å². The average Bonchev–Trinajstić information content (AvgIpc) is 3.48. The second-order valence-corrected chi connectivity index (χ2v) is 21.1. The van der Waals surface area contributed by atoms with E-state index in [-0.39, 0.29) is 47.3 Å². The van der Waals surface area contributed by atoms with E-state index >= 15 is 0 Å². The highest BCUT2D eigenvalue weighted by Gasteiger charge is 2.47. The molecule has 1 aliphatic rings. The van der Waals surface area contributed by atoms with E-state index in [0.717, 1.165) is 24.0 Å². The Bertz CT molecular complexity index is 1910. The van der Waals surface area contributed by atoms with Gasteiger partial charge in [0.2, 0.25) is 0 Å². The molecule has 51 heavy (non-hydrogen) atoms. The monoisotopic (exact) mass is 710 g/mol. The van der Waals surface area contributed by atoms with Crippen LogP contribution in [0, 0.1) is 0 Å². The second kappa shape index (κ2) is 14.8. The Morgan fingerprint density at radius 2 is 1.55 bits per heavy atom. The van der Waals surface area contributed by atoms with Gasteiger partial charge in [-0.3, -0.25) is 19.1 Å². The lowest BCUT2D eigenvalue weighted by atomic mass is 10.0. The highest BCUT2D eigenvalue weighted by Crippen LogP contribution is 2.44. The van der Waals surface area contributed by atoms with Crippen LogP contribution < -0.4 is 5.56 Å². The molecule has 1 aromatic heterocycles. The Morgan fingerprint density at radius 1 is 0.922 bits per heavy atom. The standard InChI is InChI=1S/C41H54N4O5Si/c1-40(2,3)49-39(48)45-31(24-25-34(45)36(29-16-12-11-13-17-29)50-51(9,10)41(4,5)6)26-28-20-22-30(23-21-28)37(46)43(7)27-35-42-33-19-15-14-18-32(33)38(47)44(35)8/h11-23,31,34,36H,24-27H2,1-10H3/t31-,34+,36+/m0/s1. The largest absolute Gasteiger partial charge is 0.444 e. The van der Waals surface area contributed by atoms with Crippen LogP contribution in [0.15, 0.2) is 83.7 Å². The Kier molecular flexibility index (Phi) is 11.0. The third kappa shape index (κ3) is 8.61. The maximum absolute atomic E-state index is 14.0. The van der Waals surface area contributed by atoms with Gasteiger partial charge < -0.3 is 14.1 Å². The van der Waals surface area contributed by atoms with Gasteiger partial charge in [-0.15, -0.1) is 0 Å². The molecule has 0 aliphatic carbocycles. The van der Waals surface area contributed by atoms with E-state index in [1.54, 1.807) is 31.1 Å². The number of ether oxygens (including phenoxy) is 1. The lowest BCUT2D eigenvalue weighted by Gasteiger charge is -2.43. The van der Waals surface area contributed by atoms with Gasteiger partial charge in [0.15, 0.2) is 8.32 Å². The molecule has 4 aromatic rings. The lowest BCUT2D eigenvalue weighted by molar-refractivity contribution is -0.00239. The van der Waals surface area contributed by atoms with E-state index in [1.807, 2.05) is 80.3 Å². The highest BCUT2D eigenvalue weighted by atomic mass is 28.4. The number of carbonyl (C=O) groups excluding carboxylic acids is 2. The molecule has 0 saturated carbocycles. The minimum Gasteiger partial charge on any atom is -0.444 e. The molecule has 3 aromatic carbocycles. The Balaban J connectivity index is 1.37. The maximum atomic E-state index is 14.0. The van der Waals surface area contributed by atoms with Crippen LogP contribution in [0.3, 0.4) is 0 Å². The number of likely N-dealkylation sites (tertiary alicyclic amines) is 1. The average molecular weight is 711 g/mol. The van der Waals surface area contributed by atoms with E-state index in [9.17, 15) is 14.4 Å². The summed E-state index contributed by atoms with van der Waals surface area (Å²) in [5.74, 6) is 0.337. The van der Waals surface area contributed by atoms with Crippen molar-refractivity contribution in [3.63, 3.8) is 0 Å². The Morgan fingerprint density at radius 3 is 2.18 bits per heavy atom. The molecule has 10 heteroatoms. The quantitative estimate of drug-likeness (QED) is 0.162. The first-order chi connectivity index (χ1) is 23.9. The van der Waals surface area contributed by atoms with E-state index in [0.29, 0.717) is 28.7 Å². The summed E-state index contributed by atoms with van der Waals surface area (Å²) in [5.41, 5.74) is 2.43. The summed E-state index contributed by atoms with van der Waals surface area (Å²) in [5, 5.41) is 0.538. The number of rotatable bonds is 9. The van der Waals surface area contributed by atoms with Crippen molar-refractivity contribution in [2.45, 2.75) is 109 Å². The lowest BCUT2D eigenvalue weighted by Crippen LogP contribution is -2.50. The van der Waals surface area contributed by atoms with Gasteiger partial charge in [-0.2, -0.15) is 0 Å². The van der Waals surface area contributed by atoms with Gasteiger partial charge in [-0.05, 0) is 93.6 Å². The number of carbonyl (C=O) groups is 2. The van der Waals surface area contributed by atoms with Crippen molar-refractivity contribution in [1.82, 2.24) is 19.4 Å². The number of hydrogen-bond donors (Lipinski definition) is 0. The first kappa shape index (κ1) is 38.0. The van der Waals surface area contributed by atoms with Crippen molar-refractivity contribution >= 4 is 31.2 Å². The molecule has 9 nitrogen and oxygen atoms in total. The maximum Gasteiger partial charge on any atom is 0.410 e. The van der Waals surface area contributed by atoms with Gasteiger partial charge in [0.25, 0.3) is 11.5 Å². The predicted molar refractivity (Wildman–Crippen MR) is 205 cm³/mol. The summed E-state index contributed by atoms with van der Waals surface area (Å²) in [6.07, 6.45) is 1.57. The van der Waals surface area contributed by atoms with Crippen LogP contribution >= 0.6 is 0 Å². The minimum absolute atomic E-state index is 0.00926. The molecule has 0 radical (unpaired) electrons. The van der Waals surface area contributed by atoms with Crippen molar-refractivity contribution in [3.8, 4) is 0 Å². The normalized spacial score (nSPS) is 17.4. The van der Waals surface area contributed by atoms with Crippen LogP contribution in [-0.2, 0) is 29.2 Å². The van der Waals surface area contributed by atoms with Crippen LogP contribution in [-0.4, -0.2) is 64.4 Å². The molecule has 272 valence electrons. The third-order valence-electron chi connectivity index (χ3n) is 10.3. The van der Waals surface area contributed by atoms with Crippen molar-refractivity contribution in [3.05, 3.63) is 112 Å². The summed E-state index contributed by atoms with van der Waals surface area (Å²) in [4.78, 5) is 48.6. The number of fused-ring (bicyclic) bond motifs is 1. The number of hydrogen-bond acceptors (Lipinski definition) is 6. The van der Waals surface area contributed by atoms with E-state index in [2.05, 4.69) is 51.0 Å². The zero-order valence-electron chi connectivity index (χ0n) is 31.9. The van der Waals surface area contributed by atoms with Crippen LogP contribution in [0.4, 0.5) is 4.79 Å². The van der Waals surface area contributed by atoms with Gasteiger partial charge in [-0.1, -0.05) is 75.4 Å². The molecule has 2 heterocycles. The SMILES string of the molecule is CN(Cc1nc2ccccc2c(=O)n1C)C(=O)c1ccc(C[C@@H]2CC[C@H]([C@H](O[Si](C)(C)C(C)(C)C)c3ccccc3)N2C(=O)OC(C)(C)C)cc1. The highest BCUT2D eigenvalue weighted by molar-refractivity contribution is 6.74. The molecule has 0 N–H and O–H groups in total. The number of aromatic nitrogens is 2. The van der Waals surface area contributed by atoms with E-state index in [4.69, 9.17) is 9.16 Å². The molecule has 2 amide bonds. The van der Waals surface area contributed by atoms with E-state index in [1.165, 1.54) is 4.57 Å². The van der Waals surface area contributed by atoms with Gasteiger partial charge in [-0.25, -0.2) is 9.78 Å². The van der Waals surface area contributed by atoms with Crippen LogP contribution in [0.2, 0.25) is 18.1 Å². The first-order valence-electron chi connectivity index (χ1n) is 17.9. The van der Waals surface area contributed by atoms with Gasteiger partial charge in [0.05, 0.1) is 29.6 Å². The summed E-state index contributed by atoms with van der Waals surface area (Å²) in [7, 11) is 1.16. The summed E-state index contributed by atoms with van der Waals surface area (Å²) < 4.78 is 14.7. The molecular formula is C41H54N4O5Si. The molecule has 0 bridgehead atoms. The number of para-hydroxylation sites is 1. The zero-order valence-corrected chi connectivity index (χ0v) is 32.9. The first-order valence-corrected chi connectivity index (χ1v) is 20.8. The molecular weight excluding hydrogens is 657 g/mol. The third-order valence-corrected chi connectivity index (χ3v) is 14.8. The number of benzene rings is 3. The van der Waals surface area contributed by atoms with Crippen LogP contribution in [0.5, 0.6) is 0 Å². The fourth-order valence-electron chi connectivity index (χ4n) is 6.48. The molecule has 1 aliphatic heterocycles. The molecule has 0 spiro atoms. The molecule has 1 fully saturated rings. The van der Waals surface area contributed by atoms with Crippen molar-refractivity contribution in [2.75, 3.05) is 7.05 Å². The van der Waals surface area contributed by atoms with Crippen molar-refractivity contribution in [1.29, 1.82) is 0 Å². The topological polar surface area (TPSA) is 94.0 Å². The van der Waals surface area contributed by atoms with Crippen molar-refractivity contribution < 1.29 is 18.8 Å². The molecule has 0 unspecified atom stereocenters. The second-order valence-electron chi connectivity index (χ2n) is 16.4. The molecule has 5 rings (SSSR count). The van der Waals surface area contributed by atoms with Crippen LogP contribution in [0.1, 0.15) is 87.8 Å². The van der Waals surface area contributed by atoms with Crippen molar-refractivity contribution in [2.24, 2.45) is 7.05 Å². The predicted octanol–water partition coefficient (Wildman–Crippen LogP) is 8.28. The fourth-order valence-corrected chi connectivity index (χ4v) is 7.76. The van der Waals surface area contributed by atoms with Gasteiger partial charge >= 0.3 is 6.09 Å². The van der Waals surface area contributed by atoms with Crippen LogP contribution in [0.25, 0.3) is 10.9 Å².